The molecule has 2 aromatic heterocycles. The normalized spacial score (nSPS) is 10.3. The summed E-state index contributed by atoms with van der Waals surface area (Å²) in [7, 11) is 3.31. The Balaban J connectivity index is 0.00000168. The molecule has 0 aliphatic rings. The summed E-state index contributed by atoms with van der Waals surface area (Å²) in [5, 5.41) is 3.34. The van der Waals surface area contributed by atoms with E-state index < -0.39 is 0 Å². The minimum Gasteiger partial charge on any atom is -0.493 e. The van der Waals surface area contributed by atoms with Crippen LogP contribution in [0.4, 0.5) is 5.82 Å². The van der Waals surface area contributed by atoms with Gasteiger partial charge in [-0.3, -0.25) is 4.98 Å². The summed E-state index contributed by atoms with van der Waals surface area (Å²) in [6.45, 7) is 12.2. The zero-order valence-corrected chi connectivity index (χ0v) is 25.9. The third-order valence-electron chi connectivity index (χ3n) is 4.62. The number of halogens is 2. The Hall–Kier alpha value is -1.62. The zero-order chi connectivity index (χ0) is 25.9. The zero-order valence-electron chi connectivity index (χ0n) is 21.6. The highest BCUT2D eigenvalue weighted by atomic mass is 128. The minimum absolute atomic E-state index is 0.141. The third-order valence-corrected chi connectivity index (χ3v) is 4.62. The van der Waals surface area contributed by atoms with Gasteiger partial charge in [-0.25, -0.2) is 4.98 Å². The predicted molar refractivity (Wildman–Crippen MR) is 163 cm³/mol. The maximum atomic E-state index is 5.52. The highest BCUT2D eigenvalue weighted by Gasteiger charge is 2.18. The largest absolute Gasteiger partial charge is 0.493 e. The molecule has 0 spiro atoms. The lowest BCUT2D eigenvalue weighted by Gasteiger charge is -2.20. The number of aromatic nitrogens is 2. The van der Waals surface area contributed by atoms with Gasteiger partial charge < -0.3 is 14.8 Å². The van der Waals surface area contributed by atoms with Gasteiger partial charge >= 0.3 is 0 Å². The van der Waals surface area contributed by atoms with E-state index in [1.165, 1.54) is 5.56 Å². The van der Waals surface area contributed by atoms with Gasteiger partial charge in [-0.05, 0) is 67.3 Å². The van der Waals surface area contributed by atoms with Crippen molar-refractivity contribution in [3.05, 3.63) is 77.7 Å². The summed E-state index contributed by atoms with van der Waals surface area (Å²) >= 11 is 4.24. The molecule has 0 saturated heterocycles. The van der Waals surface area contributed by atoms with E-state index in [-0.39, 0.29) is 5.92 Å². The second-order valence-electron chi connectivity index (χ2n) is 7.00. The number of pyridine rings is 2. The molecular weight excluding hydrogens is 652 g/mol. The minimum atomic E-state index is 0.141. The van der Waals surface area contributed by atoms with Crippen molar-refractivity contribution in [2.45, 2.75) is 59.9 Å². The fourth-order valence-electron chi connectivity index (χ4n) is 3.24. The van der Waals surface area contributed by atoms with Crippen LogP contribution >= 0.6 is 37.2 Å². The lowest BCUT2D eigenvalue weighted by molar-refractivity contribution is 0.354. The summed E-state index contributed by atoms with van der Waals surface area (Å²) in [4.78, 5) is 8.73. The maximum absolute atomic E-state index is 5.52. The Kier molecular flexibility index (Phi) is 18.7. The topological polar surface area (TPSA) is 56.3 Å². The molecule has 0 aliphatic carbocycles. The summed E-state index contributed by atoms with van der Waals surface area (Å²) in [6, 6.07) is 14.7. The molecule has 0 aliphatic heterocycles. The molecule has 1 atom stereocenters. The van der Waals surface area contributed by atoms with E-state index in [0.29, 0.717) is 6.04 Å². The molecule has 0 fully saturated rings. The average Bonchev–Trinajstić information content (AvgIpc) is 2.91. The molecule has 0 amide bonds. The molecule has 188 valence electrons. The molecule has 5 nitrogen and oxygen atoms in total. The molecule has 2 heterocycles. The van der Waals surface area contributed by atoms with E-state index in [2.05, 4.69) is 90.6 Å². The average molecular weight is 691 g/mol. The molecule has 0 radical (unpaired) electrons. The van der Waals surface area contributed by atoms with E-state index in [1.807, 2.05) is 64.5 Å². The molecule has 1 aromatic carbocycles. The summed E-state index contributed by atoms with van der Waals surface area (Å²) in [5.74, 6) is 2.48. The number of anilines is 1. The Bertz CT molecular complexity index is 892. The molecule has 7 heteroatoms. The Morgan fingerprint density at radius 1 is 0.824 bits per heavy atom. The SMILES string of the molecule is CC.CC.COc1ccc(C(Cc2ccncc2)c2ccc(NC(C)C)nc2)cc1OC.II. The number of methoxy groups -OCH3 is 2. The van der Waals surface area contributed by atoms with Gasteiger partial charge in [0.2, 0.25) is 0 Å². The third kappa shape index (κ3) is 10.8. The highest BCUT2D eigenvalue weighted by Crippen LogP contribution is 2.35. The Morgan fingerprint density at radius 3 is 1.91 bits per heavy atom. The molecule has 1 unspecified atom stereocenters. The van der Waals surface area contributed by atoms with Gasteiger partial charge in [0.1, 0.15) is 5.82 Å². The standard InChI is InChI=1S/C23H27N3O2.2C2H6.I2/c1-16(2)26-23-8-6-19(15-25-23)20(13-17-9-11-24-12-10-17)18-5-7-21(27-3)22(14-18)28-4;3*1-2/h5-12,14-16,20H,13H2,1-4H3,(H,25,26);2*1-2H3;. The van der Waals surface area contributed by atoms with Gasteiger partial charge in [0.15, 0.2) is 11.5 Å². The summed E-state index contributed by atoms with van der Waals surface area (Å²) in [5.41, 5.74) is 3.53. The molecular formula is C27H39I2N3O2. The second-order valence-corrected chi connectivity index (χ2v) is 7.00. The molecule has 1 N–H and O–H groups in total. The predicted octanol–water partition coefficient (Wildman–Crippen LogP) is 8.51. The number of hydrogen-bond acceptors (Lipinski definition) is 5. The van der Waals surface area contributed by atoms with Crippen LogP contribution in [-0.2, 0) is 6.42 Å². The van der Waals surface area contributed by atoms with Crippen LogP contribution in [0.15, 0.2) is 61.1 Å². The molecule has 0 bridgehead atoms. The van der Waals surface area contributed by atoms with Crippen LogP contribution in [0, 0.1) is 0 Å². The Labute approximate surface area is 229 Å². The second kappa shape index (κ2) is 19.7. The van der Waals surface area contributed by atoms with Gasteiger partial charge in [-0.15, -0.1) is 0 Å². The molecule has 3 aromatic rings. The van der Waals surface area contributed by atoms with Gasteiger partial charge in [0.25, 0.3) is 0 Å². The van der Waals surface area contributed by atoms with E-state index in [1.54, 1.807) is 14.2 Å². The number of nitrogens with one attached hydrogen (secondary N) is 1. The van der Waals surface area contributed by atoms with Crippen molar-refractivity contribution in [2.75, 3.05) is 19.5 Å². The monoisotopic (exact) mass is 691 g/mol. The maximum Gasteiger partial charge on any atom is 0.161 e. The van der Waals surface area contributed by atoms with E-state index in [9.17, 15) is 0 Å². The Morgan fingerprint density at radius 2 is 1.41 bits per heavy atom. The lowest BCUT2D eigenvalue weighted by Crippen LogP contribution is -2.12. The fraction of sp³-hybridized carbons (Fsp3) is 0.407. The first kappa shape index (κ1) is 32.4. The van der Waals surface area contributed by atoms with Crippen LogP contribution in [0.5, 0.6) is 11.5 Å². The molecule has 0 saturated carbocycles. The lowest BCUT2D eigenvalue weighted by atomic mass is 9.87. The number of ether oxygens (including phenoxy) is 2. The van der Waals surface area contributed by atoms with E-state index in [0.717, 1.165) is 34.9 Å². The molecule has 3 rings (SSSR count). The number of nitrogens with zero attached hydrogens (tertiary/aromatic N) is 2. The van der Waals surface area contributed by atoms with Crippen LogP contribution in [0.3, 0.4) is 0 Å². The van der Waals surface area contributed by atoms with Crippen molar-refractivity contribution >= 4 is 43.0 Å². The summed E-state index contributed by atoms with van der Waals surface area (Å²) < 4.78 is 10.9. The van der Waals surface area contributed by atoms with Crippen molar-refractivity contribution in [3.8, 4) is 11.5 Å². The van der Waals surface area contributed by atoms with Crippen molar-refractivity contribution in [3.63, 3.8) is 0 Å². The van der Waals surface area contributed by atoms with Crippen LogP contribution in [0.2, 0.25) is 0 Å². The number of rotatable bonds is 8. The molecule has 34 heavy (non-hydrogen) atoms. The van der Waals surface area contributed by atoms with E-state index >= 15 is 0 Å². The van der Waals surface area contributed by atoms with Crippen molar-refractivity contribution in [1.29, 1.82) is 0 Å². The van der Waals surface area contributed by atoms with Gasteiger partial charge in [0.05, 0.1) is 14.2 Å². The van der Waals surface area contributed by atoms with Gasteiger partial charge in [-0.2, -0.15) is 0 Å². The first-order chi connectivity index (χ1) is 16.6. The van der Waals surface area contributed by atoms with Crippen LogP contribution in [-0.4, -0.2) is 30.2 Å². The number of benzene rings is 1. The van der Waals surface area contributed by atoms with E-state index in [4.69, 9.17) is 9.47 Å². The van der Waals surface area contributed by atoms with Gasteiger partial charge in [-0.1, -0.05) is 39.8 Å². The van der Waals surface area contributed by atoms with Crippen molar-refractivity contribution in [2.24, 2.45) is 0 Å². The van der Waals surface area contributed by atoms with Crippen molar-refractivity contribution in [1.82, 2.24) is 9.97 Å². The number of hydrogen-bond donors (Lipinski definition) is 1. The quantitative estimate of drug-likeness (QED) is 0.240. The highest BCUT2D eigenvalue weighted by molar-refractivity contribution is 15.0. The fourth-order valence-corrected chi connectivity index (χ4v) is 3.24. The van der Waals surface area contributed by atoms with Gasteiger partial charge in [0, 0.05) is 67.8 Å². The van der Waals surface area contributed by atoms with Crippen LogP contribution in [0.1, 0.15) is 64.2 Å². The van der Waals surface area contributed by atoms with Crippen LogP contribution in [0.25, 0.3) is 0 Å². The summed E-state index contributed by atoms with van der Waals surface area (Å²) in [6.07, 6.45) is 6.45. The first-order valence-corrected chi connectivity index (χ1v) is 17.9. The first-order valence-electron chi connectivity index (χ1n) is 11.6. The van der Waals surface area contributed by atoms with Crippen LogP contribution < -0.4 is 14.8 Å². The van der Waals surface area contributed by atoms with Crippen molar-refractivity contribution < 1.29 is 9.47 Å². The smallest absolute Gasteiger partial charge is 0.161 e.